The van der Waals surface area contributed by atoms with Crippen molar-refractivity contribution in [2.75, 3.05) is 20.0 Å². The summed E-state index contributed by atoms with van der Waals surface area (Å²) in [6, 6.07) is 13.5. The van der Waals surface area contributed by atoms with Gasteiger partial charge in [0.25, 0.3) is 0 Å². The highest BCUT2D eigenvalue weighted by Gasteiger charge is 2.16. The molecule has 2 aromatic heterocycles. The van der Waals surface area contributed by atoms with E-state index in [2.05, 4.69) is 9.97 Å². The lowest BCUT2D eigenvalue weighted by Crippen LogP contribution is -1.97. The summed E-state index contributed by atoms with van der Waals surface area (Å²) in [5, 5.41) is 0. The molecule has 4 aromatic rings. The predicted octanol–water partition coefficient (Wildman–Crippen LogP) is 3.15. The largest absolute Gasteiger partial charge is 0.493 e. The first-order valence-electron chi connectivity index (χ1n) is 7.47. The predicted molar refractivity (Wildman–Crippen MR) is 93.4 cm³/mol. The number of ether oxygens (including phenoxy) is 2. The van der Waals surface area contributed by atoms with Crippen molar-refractivity contribution in [2.24, 2.45) is 0 Å². The third-order valence-electron chi connectivity index (χ3n) is 4.00. The quantitative estimate of drug-likeness (QED) is 0.627. The van der Waals surface area contributed by atoms with Crippen LogP contribution in [0.4, 0.5) is 5.82 Å². The smallest absolute Gasteiger partial charge is 0.180 e. The number of fused-ring (bicyclic) bond motifs is 3. The van der Waals surface area contributed by atoms with Crippen molar-refractivity contribution < 1.29 is 9.47 Å². The number of anilines is 1. The molecule has 0 amide bonds. The molecule has 0 bridgehead atoms. The molecule has 120 valence electrons. The molecule has 4 rings (SSSR count). The Morgan fingerprint density at radius 3 is 2.58 bits per heavy atom. The molecular weight excluding hydrogens is 304 g/mol. The summed E-state index contributed by atoms with van der Waals surface area (Å²) in [4.78, 5) is 9.08. The van der Waals surface area contributed by atoms with Gasteiger partial charge in [-0.2, -0.15) is 0 Å². The molecule has 2 heterocycles. The molecule has 0 aliphatic heterocycles. The fourth-order valence-electron chi connectivity index (χ4n) is 2.91. The molecule has 0 unspecified atom stereocenters. The Morgan fingerprint density at radius 1 is 0.958 bits per heavy atom. The van der Waals surface area contributed by atoms with Gasteiger partial charge in [0.2, 0.25) is 0 Å². The van der Waals surface area contributed by atoms with Crippen LogP contribution in [0.25, 0.3) is 27.9 Å². The van der Waals surface area contributed by atoms with E-state index in [1.54, 1.807) is 14.2 Å². The number of nitrogens with zero attached hydrogens (tertiary/aromatic N) is 3. The van der Waals surface area contributed by atoms with E-state index in [4.69, 9.17) is 15.2 Å². The minimum absolute atomic E-state index is 0.391. The van der Waals surface area contributed by atoms with E-state index >= 15 is 0 Å². The topological polar surface area (TPSA) is 74.7 Å². The molecular formula is C18H16N4O2. The van der Waals surface area contributed by atoms with E-state index in [-0.39, 0.29) is 0 Å². The minimum Gasteiger partial charge on any atom is -0.493 e. The maximum absolute atomic E-state index is 6.09. The molecule has 2 N–H and O–H groups in total. The molecule has 0 saturated heterocycles. The second-order valence-corrected chi connectivity index (χ2v) is 5.35. The van der Waals surface area contributed by atoms with Crippen molar-refractivity contribution in [1.29, 1.82) is 0 Å². The van der Waals surface area contributed by atoms with Gasteiger partial charge in [0, 0.05) is 11.8 Å². The zero-order chi connectivity index (χ0) is 16.7. The van der Waals surface area contributed by atoms with Crippen molar-refractivity contribution in [2.45, 2.75) is 0 Å². The summed E-state index contributed by atoms with van der Waals surface area (Å²) in [7, 11) is 3.23. The molecule has 0 aliphatic carbocycles. The van der Waals surface area contributed by atoms with Gasteiger partial charge in [0.15, 0.2) is 23.0 Å². The molecule has 0 saturated carbocycles. The molecule has 24 heavy (non-hydrogen) atoms. The Morgan fingerprint density at radius 2 is 1.79 bits per heavy atom. The summed E-state index contributed by atoms with van der Waals surface area (Å²) in [6.45, 7) is 0. The number of rotatable bonds is 3. The van der Waals surface area contributed by atoms with Crippen LogP contribution >= 0.6 is 0 Å². The second-order valence-electron chi connectivity index (χ2n) is 5.35. The van der Waals surface area contributed by atoms with E-state index in [0.717, 1.165) is 22.3 Å². The SMILES string of the molecule is COc1cccc(-c2cn3c(n2)c(N)nc2ccccc23)c1OC. The first-order chi connectivity index (χ1) is 11.7. The van der Waals surface area contributed by atoms with Crippen LogP contribution in [0.3, 0.4) is 0 Å². The Bertz CT molecular complexity index is 1060. The third kappa shape index (κ3) is 2.04. The highest BCUT2D eigenvalue weighted by Crippen LogP contribution is 2.38. The molecule has 0 spiro atoms. The average molecular weight is 320 g/mol. The van der Waals surface area contributed by atoms with Crippen molar-refractivity contribution in [3.8, 4) is 22.8 Å². The van der Waals surface area contributed by atoms with E-state index in [0.29, 0.717) is 23.0 Å². The first-order valence-corrected chi connectivity index (χ1v) is 7.47. The normalized spacial score (nSPS) is 11.1. The van der Waals surface area contributed by atoms with Crippen molar-refractivity contribution in [3.63, 3.8) is 0 Å². The standard InChI is InChI=1S/C18H16N4O2/c1-23-15-9-5-6-11(16(15)24-2)13-10-22-14-8-4-3-7-12(14)20-17(19)18(22)21-13/h3-10H,1-2H3,(H2,19,20). The van der Waals surface area contributed by atoms with Crippen LogP contribution in [0.2, 0.25) is 0 Å². The van der Waals surface area contributed by atoms with Crippen LogP contribution in [-0.4, -0.2) is 28.6 Å². The number of methoxy groups -OCH3 is 2. The van der Waals surface area contributed by atoms with Crippen molar-refractivity contribution in [1.82, 2.24) is 14.4 Å². The molecule has 0 aliphatic rings. The lowest BCUT2D eigenvalue weighted by molar-refractivity contribution is 0.356. The van der Waals surface area contributed by atoms with E-state index < -0.39 is 0 Å². The summed E-state index contributed by atoms with van der Waals surface area (Å²) in [5.41, 5.74) is 10.1. The zero-order valence-corrected chi connectivity index (χ0v) is 13.4. The summed E-state index contributed by atoms with van der Waals surface area (Å²) in [6.07, 6.45) is 1.94. The third-order valence-corrected chi connectivity index (χ3v) is 4.00. The molecule has 6 heteroatoms. The molecule has 0 radical (unpaired) electrons. The minimum atomic E-state index is 0.391. The number of imidazole rings is 1. The van der Waals surface area contributed by atoms with E-state index in [1.165, 1.54) is 0 Å². The Labute approximate surface area is 138 Å². The van der Waals surface area contributed by atoms with E-state index in [1.807, 2.05) is 53.1 Å². The van der Waals surface area contributed by atoms with Gasteiger partial charge in [-0.05, 0) is 24.3 Å². The molecule has 6 nitrogen and oxygen atoms in total. The summed E-state index contributed by atoms with van der Waals surface area (Å²) in [5.74, 6) is 1.68. The lowest BCUT2D eigenvalue weighted by atomic mass is 10.1. The fourth-order valence-corrected chi connectivity index (χ4v) is 2.91. The number of hydrogen-bond acceptors (Lipinski definition) is 5. The number of nitrogens with two attached hydrogens (primary N) is 1. The number of nitrogen functional groups attached to an aromatic ring is 1. The molecule has 0 fully saturated rings. The van der Waals surface area contributed by atoms with Gasteiger partial charge in [0.1, 0.15) is 0 Å². The maximum atomic E-state index is 6.09. The van der Waals surface area contributed by atoms with Crippen molar-refractivity contribution >= 4 is 22.5 Å². The fraction of sp³-hybridized carbons (Fsp3) is 0.111. The lowest BCUT2D eigenvalue weighted by Gasteiger charge is -2.10. The highest BCUT2D eigenvalue weighted by molar-refractivity contribution is 5.84. The maximum Gasteiger partial charge on any atom is 0.180 e. The van der Waals surface area contributed by atoms with Gasteiger partial charge in [-0.1, -0.05) is 18.2 Å². The van der Waals surface area contributed by atoms with Gasteiger partial charge in [-0.15, -0.1) is 0 Å². The van der Waals surface area contributed by atoms with Gasteiger partial charge >= 0.3 is 0 Å². The van der Waals surface area contributed by atoms with Crippen LogP contribution in [0.5, 0.6) is 11.5 Å². The van der Waals surface area contributed by atoms with Crippen LogP contribution < -0.4 is 15.2 Å². The second kappa shape index (κ2) is 5.42. The van der Waals surface area contributed by atoms with Crippen LogP contribution in [0, 0.1) is 0 Å². The summed E-state index contributed by atoms with van der Waals surface area (Å²) < 4.78 is 12.8. The van der Waals surface area contributed by atoms with Gasteiger partial charge in [0.05, 0.1) is 30.9 Å². The van der Waals surface area contributed by atoms with Gasteiger partial charge in [-0.3, -0.25) is 4.40 Å². The summed E-state index contributed by atoms with van der Waals surface area (Å²) >= 11 is 0. The van der Waals surface area contributed by atoms with Gasteiger partial charge in [-0.25, -0.2) is 9.97 Å². The van der Waals surface area contributed by atoms with Crippen LogP contribution in [-0.2, 0) is 0 Å². The molecule has 2 aromatic carbocycles. The zero-order valence-electron chi connectivity index (χ0n) is 13.4. The highest BCUT2D eigenvalue weighted by atomic mass is 16.5. The Kier molecular flexibility index (Phi) is 3.23. The number of benzene rings is 2. The van der Waals surface area contributed by atoms with Crippen molar-refractivity contribution in [3.05, 3.63) is 48.7 Å². The first kappa shape index (κ1) is 14.3. The number of aromatic nitrogens is 3. The number of para-hydroxylation sites is 3. The van der Waals surface area contributed by atoms with Gasteiger partial charge < -0.3 is 15.2 Å². The Hall–Kier alpha value is -3.28. The van der Waals surface area contributed by atoms with Crippen LogP contribution in [0.15, 0.2) is 48.7 Å². The monoisotopic (exact) mass is 320 g/mol. The van der Waals surface area contributed by atoms with E-state index in [9.17, 15) is 0 Å². The van der Waals surface area contributed by atoms with Crippen LogP contribution in [0.1, 0.15) is 0 Å². The average Bonchev–Trinajstić information content (AvgIpc) is 3.07. The Balaban J connectivity index is 2.03. The number of hydrogen-bond donors (Lipinski definition) is 1. The molecule has 0 atom stereocenters.